The number of benzene rings is 4. The Balaban J connectivity index is 1.42. The number of methoxy groups -OCH3 is 1. The van der Waals surface area contributed by atoms with Crippen molar-refractivity contribution in [2.24, 2.45) is 0 Å². The maximum absolute atomic E-state index is 13.3. The van der Waals surface area contributed by atoms with Gasteiger partial charge in [0.25, 0.3) is 11.8 Å². The molecule has 1 aliphatic heterocycles. The number of ether oxygens (including phenoxy) is 2. The normalized spacial score (nSPS) is 14.7. The maximum atomic E-state index is 13.3. The fourth-order valence-corrected chi connectivity index (χ4v) is 4.88. The van der Waals surface area contributed by atoms with Gasteiger partial charge in [-0.3, -0.25) is 14.9 Å². The van der Waals surface area contributed by atoms with Crippen molar-refractivity contribution >= 4 is 63.0 Å². The molecule has 1 heterocycles. The number of nitrogens with one attached hydrogen (secondary N) is 1. The van der Waals surface area contributed by atoms with Crippen LogP contribution in [0, 0.1) is 9.39 Å². The number of nitrogens with zero attached hydrogens (tertiary/aromatic N) is 1. The average Bonchev–Trinajstić information content (AvgIpc) is 2.91. The molecule has 0 unspecified atom stereocenters. The molecule has 0 spiro atoms. The molecule has 1 aliphatic rings. The fraction of sp³-hybridized carbons (Fsp3) is 0.0690. The Labute approximate surface area is 231 Å². The molecule has 1 fully saturated rings. The van der Waals surface area contributed by atoms with E-state index in [0.29, 0.717) is 27.2 Å². The van der Waals surface area contributed by atoms with E-state index in [0.717, 1.165) is 33.4 Å². The van der Waals surface area contributed by atoms with Crippen LogP contribution in [-0.2, 0) is 16.2 Å². The molecular formula is C29H20FIN2O5. The van der Waals surface area contributed by atoms with Crippen molar-refractivity contribution in [1.29, 1.82) is 0 Å². The van der Waals surface area contributed by atoms with E-state index in [-0.39, 0.29) is 11.3 Å². The zero-order valence-corrected chi connectivity index (χ0v) is 22.2. The molecule has 0 atom stereocenters. The number of barbiturate groups is 1. The molecule has 1 N–H and O–H groups in total. The number of halogens is 2. The summed E-state index contributed by atoms with van der Waals surface area (Å²) in [6.45, 7) is 0.313. The van der Waals surface area contributed by atoms with Gasteiger partial charge in [-0.1, -0.05) is 36.4 Å². The van der Waals surface area contributed by atoms with E-state index in [9.17, 15) is 18.8 Å². The number of amides is 4. The number of hydrogen-bond donors (Lipinski definition) is 1. The Morgan fingerprint density at radius 1 is 0.947 bits per heavy atom. The predicted octanol–water partition coefficient (Wildman–Crippen LogP) is 5.84. The highest BCUT2D eigenvalue weighted by molar-refractivity contribution is 14.1. The summed E-state index contributed by atoms with van der Waals surface area (Å²) in [4.78, 5) is 38.8. The van der Waals surface area contributed by atoms with Crippen molar-refractivity contribution < 1.29 is 28.2 Å². The number of imide groups is 2. The molecule has 0 saturated carbocycles. The Morgan fingerprint density at radius 3 is 2.42 bits per heavy atom. The van der Waals surface area contributed by atoms with E-state index < -0.39 is 23.7 Å². The van der Waals surface area contributed by atoms with E-state index in [4.69, 9.17) is 9.47 Å². The maximum Gasteiger partial charge on any atom is 0.335 e. The Hall–Kier alpha value is -4.25. The molecule has 5 rings (SSSR count). The number of hydrogen-bond acceptors (Lipinski definition) is 5. The highest BCUT2D eigenvalue weighted by Crippen LogP contribution is 2.36. The summed E-state index contributed by atoms with van der Waals surface area (Å²) in [5.41, 5.74) is 1.37. The first kappa shape index (κ1) is 25.4. The molecule has 0 radical (unpaired) electrons. The second-order valence-corrected chi connectivity index (χ2v) is 9.60. The van der Waals surface area contributed by atoms with Crippen LogP contribution in [0.25, 0.3) is 16.8 Å². The zero-order valence-electron chi connectivity index (χ0n) is 20.0. The van der Waals surface area contributed by atoms with Gasteiger partial charge in [0.2, 0.25) is 0 Å². The van der Waals surface area contributed by atoms with Gasteiger partial charge >= 0.3 is 6.03 Å². The van der Waals surface area contributed by atoms with Crippen LogP contribution in [0.4, 0.5) is 14.9 Å². The molecule has 9 heteroatoms. The standard InChI is InChI=1S/C29H20FIN2O5/c1-37-25-15-18(13-23-27(34)32-29(36)33(28(23)35)22-10-8-21(30)9-11-22)14-24(31)26(25)38-16-17-6-7-19-4-2-3-5-20(19)12-17/h2-15H,16H2,1H3,(H,32,34,36)/b23-13+. The van der Waals surface area contributed by atoms with Gasteiger partial charge in [-0.2, -0.15) is 0 Å². The molecule has 1 saturated heterocycles. The highest BCUT2D eigenvalue weighted by atomic mass is 127. The van der Waals surface area contributed by atoms with Gasteiger partial charge in [0.05, 0.1) is 16.4 Å². The van der Waals surface area contributed by atoms with Crippen molar-refractivity contribution in [3.8, 4) is 11.5 Å². The quantitative estimate of drug-likeness (QED) is 0.166. The first-order valence-corrected chi connectivity index (χ1v) is 12.6. The summed E-state index contributed by atoms with van der Waals surface area (Å²) in [5, 5.41) is 4.41. The van der Waals surface area contributed by atoms with E-state index >= 15 is 0 Å². The molecule has 0 bridgehead atoms. The van der Waals surface area contributed by atoms with Crippen LogP contribution in [-0.4, -0.2) is 25.0 Å². The van der Waals surface area contributed by atoms with E-state index in [1.54, 1.807) is 12.1 Å². The number of carbonyl (C=O) groups is 3. The minimum absolute atomic E-state index is 0.136. The largest absolute Gasteiger partial charge is 0.493 e. The zero-order chi connectivity index (χ0) is 26.8. The van der Waals surface area contributed by atoms with Crippen LogP contribution in [0.2, 0.25) is 0 Å². The second-order valence-electron chi connectivity index (χ2n) is 8.44. The van der Waals surface area contributed by atoms with Gasteiger partial charge < -0.3 is 9.47 Å². The molecular weight excluding hydrogens is 602 g/mol. The fourth-order valence-electron chi connectivity index (χ4n) is 4.10. The van der Waals surface area contributed by atoms with Gasteiger partial charge in [-0.15, -0.1) is 0 Å². The summed E-state index contributed by atoms with van der Waals surface area (Å²) in [6.07, 6.45) is 1.37. The van der Waals surface area contributed by atoms with Gasteiger partial charge in [0.15, 0.2) is 11.5 Å². The number of anilines is 1. The lowest BCUT2D eigenvalue weighted by atomic mass is 10.1. The minimum Gasteiger partial charge on any atom is -0.493 e. The lowest BCUT2D eigenvalue weighted by Crippen LogP contribution is -2.54. The summed E-state index contributed by atoms with van der Waals surface area (Å²) >= 11 is 2.10. The number of carbonyl (C=O) groups excluding carboxylic acids is 3. The van der Waals surface area contributed by atoms with Crippen molar-refractivity contribution in [2.45, 2.75) is 6.61 Å². The Bertz CT molecular complexity index is 1620. The lowest BCUT2D eigenvalue weighted by Gasteiger charge is -2.26. The van der Waals surface area contributed by atoms with E-state index in [1.807, 2.05) is 36.4 Å². The third-order valence-electron chi connectivity index (χ3n) is 5.95. The van der Waals surface area contributed by atoms with Crippen LogP contribution >= 0.6 is 22.6 Å². The minimum atomic E-state index is -0.909. The van der Waals surface area contributed by atoms with E-state index in [1.165, 1.54) is 25.3 Å². The van der Waals surface area contributed by atoms with Crippen molar-refractivity contribution in [3.05, 3.63) is 105 Å². The molecule has 7 nitrogen and oxygen atoms in total. The van der Waals surface area contributed by atoms with Crippen LogP contribution in [0.1, 0.15) is 11.1 Å². The molecule has 4 aromatic carbocycles. The molecule has 190 valence electrons. The molecule has 4 amide bonds. The Kier molecular flexibility index (Phi) is 7.10. The molecule has 0 aliphatic carbocycles. The summed E-state index contributed by atoms with van der Waals surface area (Å²) < 4.78 is 25.7. The van der Waals surface area contributed by atoms with E-state index in [2.05, 4.69) is 34.0 Å². The smallest absolute Gasteiger partial charge is 0.335 e. The number of rotatable bonds is 6. The van der Waals surface area contributed by atoms with Crippen LogP contribution in [0.5, 0.6) is 11.5 Å². The molecule has 0 aromatic heterocycles. The van der Waals surface area contributed by atoms with Crippen LogP contribution < -0.4 is 19.7 Å². The highest BCUT2D eigenvalue weighted by Gasteiger charge is 2.36. The predicted molar refractivity (Wildman–Crippen MR) is 149 cm³/mol. The van der Waals surface area contributed by atoms with Crippen molar-refractivity contribution in [1.82, 2.24) is 5.32 Å². The third-order valence-corrected chi connectivity index (χ3v) is 6.75. The SMILES string of the molecule is COc1cc(/C=C2\C(=O)NC(=O)N(c3ccc(F)cc3)C2=O)cc(I)c1OCc1ccc2ccccc2c1. The molecule has 38 heavy (non-hydrogen) atoms. The van der Waals surface area contributed by atoms with Crippen molar-refractivity contribution in [3.63, 3.8) is 0 Å². The lowest BCUT2D eigenvalue weighted by molar-refractivity contribution is -0.122. The Morgan fingerprint density at radius 2 is 1.68 bits per heavy atom. The second kappa shape index (κ2) is 10.6. The van der Waals surface area contributed by atoms with Gasteiger partial charge in [-0.25, -0.2) is 14.1 Å². The average molecular weight is 622 g/mol. The summed E-state index contributed by atoms with van der Waals surface area (Å²) in [6, 6.07) is 21.5. The first-order chi connectivity index (χ1) is 18.3. The monoisotopic (exact) mass is 622 g/mol. The molecule has 4 aromatic rings. The van der Waals surface area contributed by atoms with Gasteiger partial charge in [0, 0.05) is 0 Å². The van der Waals surface area contributed by atoms with Crippen LogP contribution in [0.3, 0.4) is 0 Å². The topological polar surface area (TPSA) is 84.9 Å². The van der Waals surface area contributed by atoms with Gasteiger partial charge in [-0.05, 0) is 93.0 Å². The van der Waals surface area contributed by atoms with Gasteiger partial charge in [0.1, 0.15) is 18.0 Å². The summed E-state index contributed by atoms with van der Waals surface area (Å²) in [7, 11) is 1.50. The van der Waals surface area contributed by atoms with Crippen molar-refractivity contribution in [2.75, 3.05) is 12.0 Å². The van der Waals surface area contributed by atoms with Crippen LogP contribution in [0.15, 0.2) is 84.4 Å². The summed E-state index contributed by atoms with van der Waals surface area (Å²) in [5.74, 6) is -1.24. The number of fused-ring (bicyclic) bond motifs is 1. The number of urea groups is 1. The first-order valence-electron chi connectivity index (χ1n) is 11.5. The third kappa shape index (κ3) is 5.10.